The Morgan fingerprint density at radius 2 is 2.45 bits per heavy atom. The number of carbonyl (C=O) groups is 1. The van der Waals surface area contributed by atoms with Crippen molar-refractivity contribution >= 4 is 5.91 Å². The molecule has 1 amide bonds. The second kappa shape index (κ2) is 2.74. The summed E-state index contributed by atoms with van der Waals surface area (Å²) in [6, 6.07) is 1.70. The molecule has 0 saturated heterocycles. The van der Waals surface area contributed by atoms with E-state index in [1.54, 1.807) is 19.9 Å². The van der Waals surface area contributed by atoms with Crippen molar-refractivity contribution in [3.05, 3.63) is 17.5 Å². The van der Waals surface area contributed by atoms with Crippen molar-refractivity contribution < 1.29 is 9.32 Å². The molecule has 1 aromatic heterocycles. The minimum atomic E-state index is -0.402. The SMILES string of the molecule is Cc1cc(C(C)C(N)=O)on1. The van der Waals surface area contributed by atoms with Gasteiger partial charge in [-0.1, -0.05) is 5.16 Å². The molecule has 4 heteroatoms. The van der Waals surface area contributed by atoms with Crippen molar-refractivity contribution in [1.82, 2.24) is 5.16 Å². The molecule has 0 fully saturated rings. The predicted octanol–water partition coefficient (Wildman–Crippen LogP) is 0.572. The fourth-order valence-corrected chi connectivity index (χ4v) is 0.728. The Hall–Kier alpha value is -1.32. The summed E-state index contributed by atoms with van der Waals surface area (Å²) in [5, 5.41) is 3.64. The van der Waals surface area contributed by atoms with Crippen LogP contribution in [0, 0.1) is 6.92 Å². The maximum Gasteiger partial charge on any atom is 0.227 e. The molecule has 1 unspecified atom stereocenters. The van der Waals surface area contributed by atoms with Crippen molar-refractivity contribution in [3.63, 3.8) is 0 Å². The summed E-state index contributed by atoms with van der Waals surface area (Å²) in [5.41, 5.74) is 5.81. The van der Waals surface area contributed by atoms with E-state index in [0.717, 1.165) is 5.69 Å². The van der Waals surface area contributed by atoms with E-state index in [0.29, 0.717) is 5.76 Å². The molecule has 1 aromatic rings. The number of hydrogen-bond acceptors (Lipinski definition) is 3. The fourth-order valence-electron chi connectivity index (χ4n) is 0.728. The number of rotatable bonds is 2. The molecular weight excluding hydrogens is 144 g/mol. The van der Waals surface area contributed by atoms with Crippen molar-refractivity contribution in [2.75, 3.05) is 0 Å². The van der Waals surface area contributed by atoms with Gasteiger partial charge in [-0.05, 0) is 13.8 Å². The molecule has 0 aliphatic rings. The van der Waals surface area contributed by atoms with Crippen LogP contribution in [0.1, 0.15) is 24.3 Å². The lowest BCUT2D eigenvalue weighted by Gasteiger charge is -1.98. The molecule has 0 saturated carbocycles. The monoisotopic (exact) mass is 154 g/mol. The second-order valence-electron chi connectivity index (χ2n) is 2.49. The molecule has 60 valence electrons. The number of amides is 1. The summed E-state index contributed by atoms with van der Waals surface area (Å²) >= 11 is 0. The molecule has 0 bridgehead atoms. The molecule has 1 atom stereocenters. The quantitative estimate of drug-likeness (QED) is 0.677. The average Bonchev–Trinajstić information content (AvgIpc) is 2.34. The van der Waals surface area contributed by atoms with E-state index in [1.807, 2.05) is 0 Å². The highest BCUT2D eigenvalue weighted by atomic mass is 16.5. The Morgan fingerprint density at radius 3 is 2.82 bits per heavy atom. The summed E-state index contributed by atoms with van der Waals surface area (Å²) in [7, 11) is 0. The topological polar surface area (TPSA) is 69.1 Å². The van der Waals surface area contributed by atoms with E-state index < -0.39 is 11.8 Å². The van der Waals surface area contributed by atoms with Gasteiger partial charge in [0.15, 0.2) is 0 Å². The van der Waals surface area contributed by atoms with Gasteiger partial charge in [-0.15, -0.1) is 0 Å². The van der Waals surface area contributed by atoms with E-state index in [-0.39, 0.29) is 0 Å². The highest BCUT2D eigenvalue weighted by Crippen LogP contribution is 2.14. The first kappa shape index (κ1) is 7.78. The largest absolute Gasteiger partial charge is 0.369 e. The zero-order valence-electron chi connectivity index (χ0n) is 6.50. The lowest BCUT2D eigenvalue weighted by atomic mass is 10.1. The molecule has 11 heavy (non-hydrogen) atoms. The Labute approximate surface area is 64.4 Å². The van der Waals surface area contributed by atoms with Gasteiger partial charge in [0.1, 0.15) is 5.76 Å². The third kappa shape index (κ3) is 1.58. The molecule has 0 spiro atoms. The third-order valence-electron chi connectivity index (χ3n) is 1.50. The Morgan fingerprint density at radius 1 is 1.82 bits per heavy atom. The van der Waals surface area contributed by atoms with Crippen molar-refractivity contribution in [1.29, 1.82) is 0 Å². The summed E-state index contributed by atoms with van der Waals surface area (Å²) in [6.07, 6.45) is 0. The number of aromatic nitrogens is 1. The van der Waals surface area contributed by atoms with Gasteiger partial charge < -0.3 is 10.3 Å². The van der Waals surface area contributed by atoms with Gasteiger partial charge in [-0.3, -0.25) is 4.79 Å². The maximum absolute atomic E-state index is 10.6. The number of primary amides is 1. The van der Waals surface area contributed by atoms with Crippen molar-refractivity contribution in [2.45, 2.75) is 19.8 Å². The Balaban J connectivity index is 2.84. The molecular formula is C7H10N2O2. The van der Waals surface area contributed by atoms with E-state index in [4.69, 9.17) is 10.3 Å². The first-order valence-electron chi connectivity index (χ1n) is 3.34. The van der Waals surface area contributed by atoms with Crippen LogP contribution in [-0.2, 0) is 4.79 Å². The highest BCUT2D eigenvalue weighted by Gasteiger charge is 2.15. The summed E-state index contributed by atoms with van der Waals surface area (Å²) < 4.78 is 4.84. The van der Waals surface area contributed by atoms with Crippen LogP contribution >= 0.6 is 0 Å². The normalized spacial score (nSPS) is 12.9. The zero-order valence-corrected chi connectivity index (χ0v) is 6.50. The lowest BCUT2D eigenvalue weighted by molar-refractivity contribution is -0.119. The van der Waals surface area contributed by atoms with Crippen LogP contribution in [0.15, 0.2) is 10.6 Å². The molecule has 0 aliphatic carbocycles. The van der Waals surface area contributed by atoms with Gasteiger partial charge >= 0.3 is 0 Å². The lowest BCUT2D eigenvalue weighted by Crippen LogP contribution is -2.18. The molecule has 0 aliphatic heterocycles. The van der Waals surface area contributed by atoms with E-state index >= 15 is 0 Å². The number of hydrogen-bond donors (Lipinski definition) is 1. The van der Waals surface area contributed by atoms with E-state index in [9.17, 15) is 4.79 Å². The molecule has 4 nitrogen and oxygen atoms in total. The number of carbonyl (C=O) groups excluding carboxylic acids is 1. The van der Waals surface area contributed by atoms with Crippen LogP contribution in [0.25, 0.3) is 0 Å². The number of aryl methyl sites for hydroxylation is 1. The minimum absolute atomic E-state index is 0.392. The van der Waals surface area contributed by atoms with Gasteiger partial charge in [0.25, 0.3) is 0 Å². The highest BCUT2D eigenvalue weighted by molar-refractivity contribution is 5.80. The van der Waals surface area contributed by atoms with Gasteiger partial charge in [0.05, 0.1) is 11.6 Å². The van der Waals surface area contributed by atoms with Crippen LogP contribution in [0.5, 0.6) is 0 Å². The smallest absolute Gasteiger partial charge is 0.227 e. The van der Waals surface area contributed by atoms with Crippen LogP contribution in [0.3, 0.4) is 0 Å². The number of nitrogens with two attached hydrogens (primary N) is 1. The molecule has 2 N–H and O–H groups in total. The predicted molar refractivity (Wildman–Crippen MR) is 38.8 cm³/mol. The van der Waals surface area contributed by atoms with Gasteiger partial charge in [0, 0.05) is 6.07 Å². The summed E-state index contributed by atoms with van der Waals surface area (Å²) in [5.74, 6) is -0.271. The summed E-state index contributed by atoms with van der Waals surface area (Å²) in [6.45, 7) is 3.48. The maximum atomic E-state index is 10.6. The second-order valence-corrected chi connectivity index (χ2v) is 2.49. The van der Waals surface area contributed by atoms with E-state index in [1.165, 1.54) is 0 Å². The average molecular weight is 154 g/mol. The molecule has 0 aromatic carbocycles. The molecule has 0 radical (unpaired) electrons. The zero-order chi connectivity index (χ0) is 8.43. The molecule has 1 rings (SSSR count). The standard InChI is InChI=1S/C7H10N2O2/c1-4-3-6(11-9-4)5(2)7(8)10/h3,5H,1-2H3,(H2,8,10). The van der Waals surface area contributed by atoms with Crippen LogP contribution < -0.4 is 5.73 Å². The van der Waals surface area contributed by atoms with Crippen LogP contribution in [0.4, 0.5) is 0 Å². The first-order chi connectivity index (χ1) is 5.11. The van der Waals surface area contributed by atoms with Gasteiger partial charge in [-0.25, -0.2) is 0 Å². The van der Waals surface area contributed by atoms with E-state index in [2.05, 4.69) is 5.16 Å². The minimum Gasteiger partial charge on any atom is -0.369 e. The van der Waals surface area contributed by atoms with Crippen LogP contribution in [-0.4, -0.2) is 11.1 Å². The van der Waals surface area contributed by atoms with Gasteiger partial charge in [0.2, 0.25) is 5.91 Å². The van der Waals surface area contributed by atoms with Gasteiger partial charge in [-0.2, -0.15) is 0 Å². The number of nitrogens with zero attached hydrogens (tertiary/aromatic N) is 1. The molecule has 1 heterocycles. The van der Waals surface area contributed by atoms with Crippen molar-refractivity contribution in [2.24, 2.45) is 5.73 Å². The van der Waals surface area contributed by atoms with Crippen molar-refractivity contribution in [3.8, 4) is 0 Å². The first-order valence-corrected chi connectivity index (χ1v) is 3.34. The fraction of sp³-hybridized carbons (Fsp3) is 0.429. The van der Waals surface area contributed by atoms with Crippen LogP contribution in [0.2, 0.25) is 0 Å². The summed E-state index contributed by atoms with van der Waals surface area (Å²) in [4.78, 5) is 10.6. The Bertz CT molecular complexity index is 267. The third-order valence-corrected chi connectivity index (χ3v) is 1.50. The Kier molecular flexibility index (Phi) is 1.94.